The van der Waals surface area contributed by atoms with E-state index in [2.05, 4.69) is 40.4 Å². The monoisotopic (exact) mass is 532 g/mol. The molecule has 0 fully saturated rings. The first-order valence-corrected chi connectivity index (χ1v) is 10.5. The summed E-state index contributed by atoms with van der Waals surface area (Å²) >= 11 is 2.15. The Morgan fingerprint density at radius 3 is 1.47 bits per heavy atom. The molecule has 4 aromatic carbocycles. The molecule has 0 saturated carbocycles. The Bertz CT molecular complexity index is 1150. The second-order valence-electron chi connectivity index (χ2n) is 6.16. The Labute approximate surface area is 204 Å². The van der Waals surface area contributed by atoms with Gasteiger partial charge in [0.15, 0.2) is 0 Å². The van der Waals surface area contributed by atoms with Gasteiger partial charge in [-0.05, 0) is 83.3 Å². The van der Waals surface area contributed by atoms with Gasteiger partial charge in [0.2, 0.25) is 0 Å². The lowest BCUT2D eigenvalue weighted by atomic mass is 10.2. The zero-order valence-electron chi connectivity index (χ0n) is 16.7. The molecule has 0 spiro atoms. The molecule has 0 unspecified atom stereocenters. The van der Waals surface area contributed by atoms with Crippen molar-refractivity contribution in [3.63, 3.8) is 0 Å². The summed E-state index contributed by atoms with van der Waals surface area (Å²) in [4.78, 5) is 0. The van der Waals surface area contributed by atoms with Crippen LogP contribution in [0.15, 0.2) is 109 Å². The predicted molar refractivity (Wildman–Crippen MR) is 142 cm³/mol. The van der Waals surface area contributed by atoms with Gasteiger partial charge < -0.3 is 10.2 Å². The topological polar surface area (TPSA) is 40.5 Å². The number of terminal acetylenes is 1. The molecule has 0 aliphatic heterocycles. The van der Waals surface area contributed by atoms with E-state index in [1.807, 2.05) is 78.9 Å². The van der Waals surface area contributed by atoms with Gasteiger partial charge in [-0.25, -0.2) is 0 Å². The van der Waals surface area contributed by atoms with Crippen molar-refractivity contribution in [1.82, 2.24) is 0 Å². The van der Waals surface area contributed by atoms with Crippen molar-refractivity contribution in [2.75, 3.05) is 0 Å². The summed E-state index contributed by atoms with van der Waals surface area (Å²) in [6, 6.07) is 33.4. The Balaban J connectivity index is 0.000000257. The second-order valence-corrected chi connectivity index (χ2v) is 7.40. The molecule has 0 aliphatic carbocycles. The van der Waals surface area contributed by atoms with E-state index in [9.17, 15) is 5.11 Å². The molecule has 0 heterocycles. The standard InChI is InChI=1S/C14H10O.C8H6.C6H5IO.CH4/c15-14-8-4-7-13(11-14)10-9-12-5-2-1-3-6-12;1-2-8-6-4-3-5-7-8;7-5-2-1-3-6(8)4-5;/h1-8,11,15H;1,3-7H;1-4,8H;1H4. The van der Waals surface area contributed by atoms with Gasteiger partial charge in [-0.2, -0.15) is 0 Å². The summed E-state index contributed by atoms with van der Waals surface area (Å²) in [6.07, 6.45) is 5.10. The average Bonchev–Trinajstić information content (AvgIpc) is 2.80. The van der Waals surface area contributed by atoms with Gasteiger partial charge in [0.25, 0.3) is 0 Å². The number of aromatic hydroxyl groups is 2. The molecule has 0 aromatic heterocycles. The molecule has 160 valence electrons. The van der Waals surface area contributed by atoms with E-state index in [4.69, 9.17) is 11.5 Å². The maximum Gasteiger partial charge on any atom is 0.116 e. The van der Waals surface area contributed by atoms with E-state index in [0.29, 0.717) is 5.75 Å². The number of phenolic OH excluding ortho intramolecular Hbond substituents is 2. The summed E-state index contributed by atoms with van der Waals surface area (Å²) in [5.74, 6) is 9.12. The first kappa shape index (κ1) is 26.4. The molecule has 0 saturated heterocycles. The maximum absolute atomic E-state index is 9.24. The van der Waals surface area contributed by atoms with Crippen LogP contribution in [0.3, 0.4) is 0 Å². The zero-order chi connectivity index (χ0) is 22.3. The normalized spacial score (nSPS) is 8.50. The fourth-order valence-electron chi connectivity index (χ4n) is 2.26. The van der Waals surface area contributed by atoms with Crippen LogP contribution in [-0.4, -0.2) is 10.2 Å². The SMILES string of the molecule is C.C#Cc1ccccc1.Oc1cccc(C#Cc2ccccc2)c1.Oc1cccc(I)c1. The molecular weight excluding hydrogens is 507 g/mol. The van der Waals surface area contributed by atoms with Crippen molar-refractivity contribution in [3.8, 4) is 35.7 Å². The minimum Gasteiger partial charge on any atom is -0.508 e. The Kier molecular flexibility index (Phi) is 12.5. The zero-order valence-corrected chi connectivity index (χ0v) is 18.9. The molecule has 32 heavy (non-hydrogen) atoms. The van der Waals surface area contributed by atoms with Crippen molar-refractivity contribution >= 4 is 22.6 Å². The fourth-order valence-corrected chi connectivity index (χ4v) is 2.79. The third-order valence-electron chi connectivity index (χ3n) is 3.72. The van der Waals surface area contributed by atoms with Gasteiger partial charge in [0, 0.05) is 20.3 Å². The molecule has 2 N–H and O–H groups in total. The molecule has 4 aromatic rings. The number of benzene rings is 4. The molecule has 3 heteroatoms. The molecule has 0 atom stereocenters. The van der Waals surface area contributed by atoms with E-state index in [0.717, 1.165) is 20.3 Å². The van der Waals surface area contributed by atoms with Gasteiger partial charge in [-0.15, -0.1) is 6.42 Å². The van der Waals surface area contributed by atoms with Crippen LogP contribution >= 0.6 is 22.6 Å². The van der Waals surface area contributed by atoms with Crippen molar-refractivity contribution in [2.24, 2.45) is 0 Å². The number of phenols is 2. The first-order chi connectivity index (χ1) is 15.1. The minimum absolute atomic E-state index is 0. The van der Waals surface area contributed by atoms with E-state index in [1.165, 1.54) is 0 Å². The number of hydrogen-bond donors (Lipinski definition) is 2. The Morgan fingerprint density at radius 1 is 0.562 bits per heavy atom. The highest BCUT2D eigenvalue weighted by Crippen LogP contribution is 2.12. The average molecular weight is 532 g/mol. The summed E-state index contributed by atoms with van der Waals surface area (Å²) in [6.45, 7) is 0. The summed E-state index contributed by atoms with van der Waals surface area (Å²) in [5, 5.41) is 18.1. The smallest absolute Gasteiger partial charge is 0.116 e. The van der Waals surface area contributed by atoms with Crippen LogP contribution in [0.5, 0.6) is 11.5 Å². The van der Waals surface area contributed by atoms with Gasteiger partial charge in [-0.3, -0.25) is 0 Å². The molecule has 2 nitrogen and oxygen atoms in total. The molecular formula is C29H25IO2. The highest BCUT2D eigenvalue weighted by molar-refractivity contribution is 14.1. The molecule has 0 aliphatic rings. The van der Waals surface area contributed by atoms with Gasteiger partial charge >= 0.3 is 0 Å². The lowest BCUT2D eigenvalue weighted by Gasteiger charge is -1.91. The summed E-state index contributed by atoms with van der Waals surface area (Å²) in [5.41, 5.74) is 2.73. The van der Waals surface area contributed by atoms with Crippen LogP contribution in [0.1, 0.15) is 24.1 Å². The van der Waals surface area contributed by atoms with Crippen LogP contribution in [0.25, 0.3) is 0 Å². The van der Waals surface area contributed by atoms with E-state index in [-0.39, 0.29) is 13.2 Å². The van der Waals surface area contributed by atoms with E-state index < -0.39 is 0 Å². The largest absolute Gasteiger partial charge is 0.508 e. The Hall–Kier alpha value is -3.67. The van der Waals surface area contributed by atoms with E-state index in [1.54, 1.807) is 30.3 Å². The van der Waals surface area contributed by atoms with Crippen LogP contribution in [0.2, 0.25) is 0 Å². The predicted octanol–water partition coefficient (Wildman–Crippen LogP) is 7.09. The lowest BCUT2D eigenvalue weighted by molar-refractivity contribution is 0.474. The number of rotatable bonds is 0. The third kappa shape index (κ3) is 10.9. The number of halogens is 1. The Morgan fingerprint density at radius 2 is 1.03 bits per heavy atom. The van der Waals surface area contributed by atoms with Gasteiger partial charge in [0.05, 0.1) is 0 Å². The van der Waals surface area contributed by atoms with Crippen molar-refractivity contribution in [1.29, 1.82) is 0 Å². The fraction of sp³-hybridized carbons (Fsp3) is 0.0345. The van der Waals surface area contributed by atoms with Crippen molar-refractivity contribution < 1.29 is 10.2 Å². The molecule has 4 rings (SSSR count). The highest BCUT2D eigenvalue weighted by Gasteiger charge is 1.89. The lowest BCUT2D eigenvalue weighted by Crippen LogP contribution is -1.74. The van der Waals surface area contributed by atoms with E-state index >= 15 is 0 Å². The van der Waals surface area contributed by atoms with Crippen LogP contribution in [0.4, 0.5) is 0 Å². The second kappa shape index (κ2) is 15.2. The van der Waals surface area contributed by atoms with Crippen LogP contribution in [-0.2, 0) is 0 Å². The summed E-state index contributed by atoms with van der Waals surface area (Å²) in [7, 11) is 0. The minimum atomic E-state index is 0. The van der Waals surface area contributed by atoms with Crippen molar-refractivity contribution in [2.45, 2.75) is 7.43 Å². The van der Waals surface area contributed by atoms with Gasteiger partial charge in [-0.1, -0.05) is 73.7 Å². The number of hydrogen-bond acceptors (Lipinski definition) is 2. The molecule has 0 amide bonds. The summed E-state index contributed by atoms with van der Waals surface area (Å²) < 4.78 is 1.06. The highest BCUT2D eigenvalue weighted by atomic mass is 127. The quantitative estimate of drug-likeness (QED) is 0.188. The third-order valence-corrected chi connectivity index (χ3v) is 4.39. The molecule has 0 radical (unpaired) electrons. The van der Waals surface area contributed by atoms with Crippen LogP contribution < -0.4 is 0 Å². The van der Waals surface area contributed by atoms with Gasteiger partial charge in [0.1, 0.15) is 11.5 Å². The molecule has 0 bridgehead atoms. The van der Waals surface area contributed by atoms with Crippen molar-refractivity contribution in [3.05, 3.63) is 129 Å². The first-order valence-electron chi connectivity index (χ1n) is 9.39. The van der Waals surface area contributed by atoms with Crippen LogP contribution in [0, 0.1) is 27.8 Å². The maximum atomic E-state index is 9.24.